The number of carbonyl (C=O) groups is 2. The van der Waals surface area contributed by atoms with Crippen molar-refractivity contribution >= 4 is 18.0 Å². The van der Waals surface area contributed by atoms with Gasteiger partial charge in [-0.15, -0.1) is 0 Å². The molecule has 0 saturated carbocycles. The molecular formula is C24H29NO4. The Balaban J connectivity index is 2.05. The van der Waals surface area contributed by atoms with Crippen molar-refractivity contribution in [3.05, 3.63) is 77.0 Å². The molecule has 5 heteroatoms. The maximum Gasteiger partial charge on any atom is 0.354 e. The highest BCUT2D eigenvalue weighted by molar-refractivity contribution is 5.92. The zero-order valence-corrected chi connectivity index (χ0v) is 17.7. The van der Waals surface area contributed by atoms with Crippen LogP contribution < -0.4 is 5.73 Å². The lowest BCUT2D eigenvalue weighted by molar-refractivity contribution is -0.160. The van der Waals surface area contributed by atoms with E-state index in [0.717, 1.165) is 16.7 Å². The molecule has 29 heavy (non-hydrogen) atoms. The standard InChI is InChI=1S/C24H29NO4/c1-23(2,3)29-22(27)24(4,5)19-13-11-17(12-14-19)15-20(25)21(26)28-16-18-9-7-6-8-10-18/h6-15H,16,25H2,1-5H3/b20-15-. The zero-order chi connectivity index (χ0) is 21.7. The summed E-state index contributed by atoms with van der Waals surface area (Å²) in [6, 6.07) is 16.7. The first-order valence-corrected chi connectivity index (χ1v) is 9.51. The molecule has 2 aromatic rings. The van der Waals surface area contributed by atoms with Crippen molar-refractivity contribution in [3.8, 4) is 0 Å². The summed E-state index contributed by atoms with van der Waals surface area (Å²) in [7, 11) is 0. The Kier molecular flexibility index (Phi) is 6.85. The third-order valence-electron chi connectivity index (χ3n) is 4.31. The number of hydrogen-bond acceptors (Lipinski definition) is 5. The first-order valence-electron chi connectivity index (χ1n) is 9.51. The van der Waals surface area contributed by atoms with E-state index in [1.54, 1.807) is 18.2 Å². The predicted molar refractivity (Wildman–Crippen MR) is 114 cm³/mol. The normalized spacial score (nSPS) is 12.4. The van der Waals surface area contributed by atoms with E-state index in [1.165, 1.54) is 0 Å². The van der Waals surface area contributed by atoms with Crippen LogP contribution in [0.2, 0.25) is 0 Å². The van der Waals surface area contributed by atoms with Gasteiger partial charge in [-0.2, -0.15) is 0 Å². The highest BCUT2D eigenvalue weighted by atomic mass is 16.6. The Labute approximate surface area is 172 Å². The molecular weight excluding hydrogens is 366 g/mol. The molecule has 0 radical (unpaired) electrons. The van der Waals surface area contributed by atoms with E-state index in [4.69, 9.17) is 15.2 Å². The summed E-state index contributed by atoms with van der Waals surface area (Å²) in [5.74, 6) is -0.871. The molecule has 0 aliphatic rings. The number of ether oxygens (including phenoxy) is 2. The zero-order valence-electron chi connectivity index (χ0n) is 17.7. The molecule has 0 heterocycles. The molecule has 2 N–H and O–H groups in total. The van der Waals surface area contributed by atoms with E-state index in [2.05, 4.69) is 0 Å². The lowest BCUT2D eigenvalue weighted by atomic mass is 9.84. The second-order valence-corrected chi connectivity index (χ2v) is 8.41. The Hall–Kier alpha value is -3.08. The second-order valence-electron chi connectivity index (χ2n) is 8.41. The summed E-state index contributed by atoms with van der Waals surface area (Å²) in [5, 5.41) is 0. The molecule has 0 amide bonds. The minimum atomic E-state index is -0.796. The molecule has 0 unspecified atom stereocenters. The number of rotatable bonds is 6. The average Bonchev–Trinajstić information content (AvgIpc) is 2.66. The smallest absolute Gasteiger partial charge is 0.354 e. The Morgan fingerprint density at radius 1 is 0.931 bits per heavy atom. The van der Waals surface area contributed by atoms with E-state index in [1.807, 2.05) is 77.1 Å². The summed E-state index contributed by atoms with van der Waals surface area (Å²) in [5.41, 5.74) is 6.98. The van der Waals surface area contributed by atoms with Gasteiger partial charge in [0.2, 0.25) is 0 Å². The molecule has 0 spiro atoms. The third kappa shape index (κ3) is 6.49. The van der Waals surface area contributed by atoms with Crippen LogP contribution in [0.3, 0.4) is 0 Å². The van der Waals surface area contributed by atoms with Crippen molar-refractivity contribution in [2.24, 2.45) is 5.73 Å². The molecule has 5 nitrogen and oxygen atoms in total. The van der Waals surface area contributed by atoms with Crippen LogP contribution in [0.5, 0.6) is 0 Å². The maximum absolute atomic E-state index is 12.5. The monoisotopic (exact) mass is 395 g/mol. The van der Waals surface area contributed by atoms with Gasteiger partial charge in [-0.3, -0.25) is 4.79 Å². The first-order chi connectivity index (χ1) is 13.5. The minimum Gasteiger partial charge on any atom is -0.459 e. The molecule has 0 bridgehead atoms. The van der Waals surface area contributed by atoms with E-state index in [-0.39, 0.29) is 18.3 Å². The summed E-state index contributed by atoms with van der Waals surface area (Å²) >= 11 is 0. The topological polar surface area (TPSA) is 78.6 Å². The van der Waals surface area contributed by atoms with Gasteiger partial charge in [0, 0.05) is 0 Å². The van der Waals surface area contributed by atoms with Gasteiger partial charge in [-0.1, -0.05) is 54.6 Å². The van der Waals surface area contributed by atoms with Crippen LogP contribution in [-0.4, -0.2) is 17.5 Å². The van der Waals surface area contributed by atoms with Crippen LogP contribution in [0.25, 0.3) is 6.08 Å². The van der Waals surface area contributed by atoms with Gasteiger partial charge in [0.25, 0.3) is 0 Å². The minimum absolute atomic E-state index is 0.0140. The van der Waals surface area contributed by atoms with E-state index < -0.39 is 17.0 Å². The maximum atomic E-state index is 12.5. The quantitative estimate of drug-likeness (QED) is 0.581. The summed E-state index contributed by atoms with van der Waals surface area (Å²) < 4.78 is 10.7. The van der Waals surface area contributed by atoms with E-state index in [0.29, 0.717) is 0 Å². The Morgan fingerprint density at radius 2 is 1.52 bits per heavy atom. The second kappa shape index (κ2) is 8.95. The molecule has 2 rings (SSSR count). The van der Waals surface area contributed by atoms with Gasteiger partial charge in [0.15, 0.2) is 0 Å². The van der Waals surface area contributed by atoms with Crippen molar-refractivity contribution < 1.29 is 19.1 Å². The van der Waals surface area contributed by atoms with E-state index >= 15 is 0 Å². The van der Waals surface area contributed by atoms with Crippen molar-refractivity contribution in [2.45, 2.75) is 52.2 Å². The predicted octanol–water partition coefficient (Wildman–Crippen LogP) is 4.35. The van der Waals surface area contributed by atoms with Crippen LogP contribution in [0.1, 0.15) is 51.3 Å². The highest BCUT2D eigenvalue weighted by Crippen LogP contribution is 2.27. The SMILES string of the molecule is CC(C)(C)OC(=O)C(C)(C)c1ccc(/C=C(\N)C(=O)OCc2ccccc2)cc1. The largest absolute Gasteiger partial charge is 0.459 e. The molecule has 0 fully saturated rings. The molecule has 0 aromatic heterocycles. The summed E-state index contributed by atoms with van der Waals surface area (Å²) in [6.07, 6.45) is 1.55. The van der Waals surface area contributed by atoms with Crippen LogP contribution in [0, 0.1) is 0 Å². The van der Waals surface area contributed by atoms with Crippen molar-refractivity contribution in [2.75, 3.05) is 0 Å². The fraction of sp³-hybridized carbons (Fsp3) is 0.333. The van der Waals surface area contributed by atoms with Gasteiger partial charge in [-0.25, -0.2) is 4.79 Å². The Bertz CT molecular complexity index is 875. The number of nitrogens with two attached hydrogens (primary N) is 1. The van der Waals surface area contributed by atoms with Crippen LogP contribution in [0.15, 0.2) is 60.3 Å². The fourth-order valence-corrected chi connectivity index (χ4v) is 2.56. The van der Waals surface area contributed by atoms with Gasteiger partial charge in [0.05, 0.1) is 5.41 Å². The number of esters is 2. The van der Waals surface area contributed by atoms with Gasteiger partial charge in [0.1, 0.15) is 17.9 Å². The molecule has 0 aliphatic heterocycles. The van der Waals surface area contributed by atoms with E-state index in [9.17, 15) is 9.59 Å². The van der Waals surface area contributed by atoms with Gasteiger partial charge >= 0.3 is 11.9 Å². The van der Waals surface area contributed by atoms with Crippen LogP contribution >= 0.6 is 0 Å². The number of carbonyl (C=O) groups excluding carboxylic acids is 2. The molecule has 154 valence electrons. The average molecular weight is 395 g/mol. The lowest BCUT2D eigenvalue weighted by Gasteiger charge is -2.28. The molecule has 0 atom stereocenters. The van der Waals surface area contributed by atoms with Crippen molar-refractivity contribution in [1.29, 1.82) is 0 Å². The van der Waals surface area contributed by atoms with Crippen molar-refractivity contribution in [1.82, 2.24) is 0 Å². The molecule has 0 aliphatic carbocycles. The fourth-order valence-electron chi connectivity index (χ4n) is 2.56. The molecule has 2 aromatic carbocycles. The summed E-state index contributed by atoms with van der Waals surface area (Å²) in [4.78, 5) is 24.6. The highest BCUT2D eigenvalue weighted by Gasteiger charge is 2.34. The number of hydrogen-bond donors (Lipinski definition) is 1. The third-order valence-corrected chi connectivity index (χ3v) is 4.31. The molecule has 0 saturated heterocycles. The lowest BCUT2D eigenvalue weighted by Crippen LogP contribution is -2.36. The first kappa shape index (κ1) is 22.2. The summed E-state index contributed by atoms with van der Waals surface area (Å²) in [6.45, 7) is 9.33. The van der Waals surface area contributed by atoms with Gasteiger partial charge in [-0.05, 0) is 57.4 Å². The van der Waals surface area contributed by atoms with Crippen molar-refractivity contribution in [3.63, 3.8) is 0 Å². The Morgan fingerprint density at radius 3 is 2.07 bits per heavy atom. The van der Waals surface area contributed by atoms with Crippen LogP contribution in [0.4, 0.5) is 0 Å². The number of benzene rings is 2. The van der Waals surface area contributed by atoms with Crippen LogP contribution in [-0.2, 0) is 31.1 Å². The van der Waals surface area contributed by atoms with Gasteiger partial charge < -0.3 is 15.2 Å².